The van der Waals surface area contributed by atoms with Crippen LogP contribution < -0.4 is 72.6 Å². The van der Waals surface area contributed by atoms with Crippen LogP contribution in [0.3, 0.4) is 0 Å². The zero-order valence-electron chi connectivity index (χ0n) is 88.8. The first kappa shape index (κ1) is 113. The van der Waals surface area contributed by atoms with Crippen molar-refractivity contribution >= 4 is 112 Å². The first-order valence-corrected chi connectivity index (χ1v) is 50.6. The number of anilines is 15. The molecule has 0 aliphatic carbocycles. The van der Waals surface area contributed by atoms with Gasteiger partial charge in [0.2, 0.25) is 77.3 Å². The maximum absolute atomic E-state index is 12.4. The predicted molar refractivity (Wildman–Crippen MR) is 589 cm³/mol. The normalized spacial score (nSPS) is 11.7. The largest absolute Gasteiger partial charge is 0.497 e. The quantitative estimate of drug-likeness (QED) is 0.0184. The molecule has 0 saturated carbocycles. The number of amides is 4. The third kappa shape index (κ3) is 38.6. The molecule has 2 aliphatic rings. The highest BCUT2D eigenvalue weighted by atomic mass is 16.5. The molecule has 10 N–H and O–H groups in total. The third-order valence-electron chi connectivity index (χ3n) is 22.5. The topological polar surface area (TPSA) is 483 Å². The van der Waals surface area contributed by atoms with Crippen LogP contribution in [0, 0.1) is 76.2 Å². The van der Waals surface area contributed by atoms with Crippen molar-refractivity contribution in [3.63, 3.8) is 0 Å². The van der Waals surface area contributed by atoms with Gasteiger partial charge >= 0.3 is 0 Å². The highest BCUT2D eigenvalue weighted by molar-refractivity contribution is 6.06. The molecule has 0 spiro atoms. The van der Waals surface area contributed by atoms with E-state index in [9.17, 15) is 19.2 Å². The van der Waals surface area contributed by atoms with E-state index in [-0.39, 0.29) is 47.4 Å². The van der Waals surface area contributed by atoms with Gasteiger partial charge < -0.3 is 51.3 Å². The van der Waals surface area contributed by atoms with Gasteiger partial charge in [0, 0.05) is 111 Å². The number of carbonyl (C=O) groups is 4. The molecule has 0 radical (unpaired) electrons. The molecule has 7 aromatic carbocycles. The minimum Gasteiger partial charge on any atom is -0.497 e. The zero-order valence-corrected chi connectivity index (χ0v) is 88.8. The number of methoxy groups -OCH3 is 1. The molecule has 14 aromatic rings. The Kier molecular flexibility index (Phi) is 45.7. The van der Waals surface area contributed by atoms with E-state index in [4.69, 9.17) is 20.4 Å². The molecule has 778 valence electrons. The summed E-state index contributed by atoms with van der Waals surface area (Å²) in [6.07, 6.45) is 15.4. The maximum atomic E-state index is 12.4. The first-order chi connectivity index (χ1) is 71.5. The van der Waals surface area contributed by atoms with Gasteiger partial charge in [-0.15, -0.1) is 0 Å². The second-order valence-corrected chi connectivity index (χ2v) is 35.1. The van der Waals surface area contributed by atoms with Crippen LogP contribution in [0.1, 0.15) is 236 Å². The number of ether oxygens (including phenoxy) is 1. The summed E-state index contributed by atoms with van der Waals surface area (Å²) in [5, 5.41) is 23.0. The molecule has 148 heavy (non-hydrogen) atoms. The van der Waals surface area contributed by atoms with E-state index in [0.29, 0.717) is 81.0 Å². The lowest BCUT2D eigenvalue weighted by Crippen LogP contribution is -2.34. The van der Waals surface area contributed by atoms with Gasteiger partial charge in [-0.1, -0.05) is 148 Å². The van der Waals surface area contributed by atoms with Crippen LogP contribution in [0.2, 0.25) is 0 Å². The number of rotatable bonds is 33. The predicted octanol–water partition coefficient (Wildman–Crippen LogP) is 19.7. The van der Waals surface area contributed by atoms with Crippen LogP contribution in [0.5, 0.6) is 5.75 Å². The van der Waals surface area contributed by atoms with Crippen molar-refractivity contribution in [1.82, 2.24) is 105 Å². The van der Waals surface area contributed by atoms with Crippen molar-refractivity contribution in [1.29, 1.82) is 0 Å². The number of benzene rings is 7. The fourth-order valence-corrected chi connectivity index (χ4v) is 14.8. The fourth-order valence-electron chi connectivity index (χ4n) is 14.8. The lowest BCUT2D eigenvalue weighted by Gasteiger charge is -2.30. The zero-order chi connectivity index (χ0) is 106. The number of hydrogen-bond acceptors (Lipinski definition) is 35. The molecular formula is C109H142N34O5. The van der Waals surface area contributed by atoms with Gasteiger partial charge in [-0.25, -0.2) is 4.98 Å². The number of carbonyl (C=O) groups excluding carboxylic acids is 4. The average molecular weight is 2010 g/mol. The summed E-state index contributed by atoms with van der Waals surface area (Å²) >= 11 is 0. The number of nitrogens with two attached hydrogens (primary N) is 1. The molecule has 9 heterocycles. The van der Waals surface area contributed by atoms with Gasteiger partial charge in [-0.2, -0.15) is 99.7 Å². The fraction of sp³-hybridized carbons (Fsp3) is 0.385. The summed E-state index contributed by atoms with van der Waals surface area (Å²) in [5.74, 6) is 10.7. The van der Waals surface area contributed by atoms with Crippen molar-refractivity contribution in [2.45, 2.75) is 208 Å². The number of aryl methyl sites for hydroxylation is 12. The highest BCUT2D eigenvalue weighted by Gasteiger charge is 2.23. The number of unbranched alkanes of at least 4 members (excludes halogenated alkanes) is 3. The highest BCUT2D eigenvalue weighted by Crippen LogP contribution is 2.26. The number of nitrogens with one attached hydrogen (secondary N) is 8. The Hall–Kier alpha value is -16.5. The van der Waals surface area contributed by atoms with Gasteiger partial charge in [-0.3, -0.25) is 40.4 Å². The van der Waals surface area contributed by atoms with Crippen LogP contribution >= 0.6 is 0 Å². The summed E-state index contributed by atoms with van der Waals surface area (Å²) in [6.45, 7) is 45.6. The van der Waals surface area contributed by atoms with E-state index < -0.39 is 0 Å². The van der Waals surface area contributed by atoms with Gasteiger partial charge in [-0.05, 0) is 258 Å². The van der Waals surface area contributed by atoms with Gasteiger partial charge in [0.1, 0.15) is 46.5 Å². The number of nitrogen functional groups attached to an aromatic ring is 1. The Morgan fingerprint density at radius 3 is 1.03 bits per heavy atom. The van der Waals surface area contributed by atoms with Crippen LogP contribution in [-0.2, 0) is 6.42 Å². The van der Waals surface area contributed by atoms with E-state index in [1.165, 1.54) is 75.3 Å². The molecule has 0 atom stereocenters. The molecule has 0 bridgehead atoms. The van der Waals surface area contributed by atoms with Gasteiger partial charge in [0.05, 0.1) is 7.11 Å². The van der Waals surface area contributed by atoms with E-state index >= 15 is 0 Å². The monoisotopic (exact) mass is 2010 g/mol. The number of aromatic nitrogens is 21. The second kappa shape index (κ2) is 59.7. The molecule has 2 fully saturated rings. The standard InChI is InChI=1S/C20H19N5O3.C20H19N5O2.C18H19N5.C16H31N5.C14H23N5.C13H16N4.C8H15N5/c1-12-4-6-14(7-5-12)17(26)23-19-21-13(2)22-20(25-19)24-18(27)15-8-10-16(28-3)11-9-15;1-12-4-8-15(9-5-12)17(26)23-19-21-14(3)22-20(25-19)24-18(27)16-10-6-13(2)7-11-16;1-12-6-4-8-15(10-12)21-17-19-14(3)20-18(23-17)22-16-9-5-7-13(2)11-16;1-6-10-12-20(8-3)15-17-14(5)18-16(19-15)21(9-4)13-11-7-2;1-12-15-13(18-8-4-2-5-9-18)17-14(16-12)19-10-6-3-7-11-19;1-2-3-9-11-15-12(17-13(14)16-11)10-7-5-4-6-8-10;1-4-9-7-11-6(3)12-8(13-7)10-5-2/h4-11H,1-3H3,(H2,21,22,23,24,25,26,27);4-11H,1-3H3,(H2,21,22,23,24,25,26,27);4-11H,1-3H3,(H2,19,20,21,22,23);6-13H2,1-5H3;2-11H2,1H3;4-8H,2-3,9H2,1H3,(H2,14,15,16,17);4-5H2,1-3H3,(H2,9,10,11,12,13). The maximum Gasteiger partial charge on any atom is 0.258 e. The number of piperidine rings is 2. The summed E-state index contributed by atoms with van der Waals surface area (Å²) in [5.41, 5.74) is 16.0. The molecule has 2 saturated heterocycles. The first-order valence-electron chi connectivity index (χ1n) is 50.6. The van der Waals surface area contributed by atoms with Crippen LogP contribution in [0.25, 0.3) is 11.4 Å². The Bertz CT molecular complexity index is 6280. The van der Waals surface area contributed by atoms with E-state index in [1.807, 2.05) is 165 Å². The van der Waals surface area contributed by atoms with Crippen molar-refractivity contribution in [3.8, 4) is 17.1 Å². The second-order valence-electron chi connectivity index (χ2n) is 35.1. The van der Waals surface area contributed by atoms with Crippen molar-refractivity contribution < 1.29 is 23.9 Å². The molecule has 0 unspecified atom stereocenters. The summed E-state index contributed by atoms with van der Waals surface area (Å²) in [4.78, 5) is 149. The van der Waals surface area contributed by atoms with E-state index in [1.54, 1.807) is 81.6 Å². The molecule has 39 nitrogen and oxygen atoms in total. The molecule has 4 amide bonds. The number of nitrogens with zero attached hydrogens (tertiary/aromatic N) is 25. The minimum atomic E-state index is -0.385. The minimum absolute atomic E-state index is 0.0486. The Labute approximate surface area is 868 Å². The summed E-state index contributed by atoms with van der Waals surface area (Å²) < 4.78 is 5.07. The smallest absolute Gasteiger partial charge is 0.258 e. The van der Waals surface area contributed by atoms with Gasteiger partial charge in [0.15, 0.2) is 5.82 Å². The lowest BCUT2D eigenvalue weighted by molar-refractivity contribution is 0.101. The van der Waals surface area contributed by atoms with Crippen LogP contribution in [0.4, 0.5) is 88.7 Å². The van der Waals surface area contributed by atoms with Crippen LogP contribution in [0.15, 0.2) is 176 Å². The van der Waals surface area contributed by atoms with Crippen molar-refractivity contribution in [2.75, 3.05) is 140 Å². The van der Waals surface area contributed by atoms with Crippen molar-refractivity contribution in [2.24, 2.45) is 0 Å². The Morgan fingerprint density at radius 1 is 0.331 bits per heavy atom. The molecule has 16 rings (SSSR count). The third-order valence-corrected chi connectivity index (χ3v) is 22.5. The molecule has 39 heteroatoms. The number of hydrogen-bond donors (Lipinski definition) is 9. The van der Waals surface area contributed by atoms with Crippen LogP contribution in [-0.4, -0.2) is 201 Å². The summed E-state index contributed by atoms with van der Waals surface area (Å²) in [6, 6.07) is 54.0. The van der Waals surface area contributed by atoms with E-state index in [0.717, 1.165) is 165 Å². The molecule has 7 aromatic heterocycles. The summed E-state index contributed by atoms with van der Waals surface area (Å²) in [7, 11) is 1.55. The van der Waals surface area contributed by atoms with Crippen molar-refractivity contribution in [3.05, 3.63) is 267 Å². The Morgan fingerprint density at radius 2 is 0.676 bits per heavy atom. The Balaban J connectivity index is 0.000000179. The van der Waals surface area contributed by atoms with Gasteiger partial charge in [0.25, 0.3) is 23.6 Å². The average Bonchev–Trinajstić information content (AvgIpc) is 0.826. The SMILES string of the molecule is CCCCN(CC)c1nc(C)nc(N(CC)CCCC)n1.CCCCc1nc(N)nc(-c2ccccc2)n1.CCNc1nc(C)nc(NCC)n1.COc1ccc(C(=O)Nc2nc(C)nc(NC(=O)c3ccc(C)cc3)n2)cc1.Cc1ccc(C(=O)Nc2nc(C)nc(NC(=O)c3ccc(C)cc3)n2)cc1.Cc1cccc(Nc2nc(C)nc(Nc3cccc(C)c3)n2)c1.Cc1nc(N2CCCCC2)nc(N2CCCCC2)n1. The molecule has 2 aliphatic heterocycles. The lowest BCUT2D eigenvalue weighted by atomic mass is 10.1. The van der Waals surface area contributed by atoms with E-state index in [2.05, 4.69) is 217 Å². The molecular weight excluding hydrogens is 1870 g/mol.